The number of phenols is 1. The van der Waals surface area contributed by atoms with Crippen LogP contribution in [0.15, 0.2) is 59.0 Å². The molecule has 0 aliphatic rings. The molecule has 1 aromatic heterocycles. The minimum absolute atomic E-state index is 0.206. The predicted octanol–water partition coefficient (Wildman–Crippen LogP) is 3.07. The Hall–Kier alpha value is -2.75. The second-order valence-corrected chi connectivity index (χ2v) is 4.50. The Bertz CT molecular complexity index is 711. The van der Waals surface area contributed by atoms with Gasteiger partial charge in [0, 0.05) is 11.9 Å². The Kier molecular flexibility index (Phi) is 3.13. The summed E-state index contributed by atoms with van der Waals surface area (Å²) in [7, 11) is 0. The summed E-state index contributed by atoms with van der Waals surface area (Å²) < 4.78 is 5.49. The number of fused-ring (bicyclic) bond motifs is 1. The summed E-state index contributed by atoms with van der Waals surface area (Å²) in [5, 5.41) is 12.9. The first kappa shape index (κ1) is 12.3. The van der Waals surface area contributed by atoms with Crippen LogP contribution in [0.3, 0.4) is 0 Å². The lowest BCUT2D eigenvalue weighted by Gasteiger charge is -2.03. The topological polar surface area (TPSA) is 62.5 Å². The van der Waals surface area contributed by atoms with Gasteiger partial charge in [-0.25, -0.2) is 0 Å². The molecule has 1 amide bonds. The Labute approximate surface area is 115 Å². The smallest absolute Gasteiger partial charge is 0.287 e. The monoisotopic (exact) mass is 267 g/mol. The van der Waals surface area contributed by atoms with Gasteiger partial charge in [-0.1, -0.05) is 30.3 Å². The number of hydrogen-bond donors (Lipinski definition) is 2. The summed E-state index contributed by atoms with van der Waals surface area (Å²) in [6.07, 6.45) is 0. The largest absolute Gasteiger partial charge is 0.508 e. The molecule has 3 rings (SSSR count). The Morgan fingerprint density at radius 2 is 1.85 bits per heavy atom. The van der Waals surface area contributed by atoms with Crippen molar-refractivity contribution in [3.63, 3.8) is 0 Å². The first-order valence-corrected chi connectivity index (χ1v) is 6.27. The quantitative estimate of drug-likeness (QED) is 0.766. The van der Waals surface area contributed by atoms with E-state index in [1.165, 1.54) is 0 Å². The molecule has 0 radical (unpaired) electrons. The highest BCUT2D eigenvalue weighted by molar-refractivity contribution is 5.95. The maximum atomic E-state index is 12.0. The molecule has 4 heteroatoms. The second-order valence-electron chi connectivity index (χ2n) is 4.50. The van der Waals surface area contributed by atoms with Crippen molar-refractivity contribution in [2.24, 2.45) is 0 Å². The third kappa shape index (κ3) is 2.49. The van der Waals surface area contributed by atoms with Crippen LogP contribution in [-0.2, 0) is 6.54 Å². The Morgan fingerprint density at radius 1 is 1.10 bits per heavy atom. The molecule has 1 heterocycles. The fourth-order valence-corrected chi connectivity index (χ4v) is 1.98. The highest BCUT2D eigenvalue weighted by Gasteiger charge is 2.11. The SMILES string of the molecule is O=C(NCc1ccc(O)cc1)c1cc2ccccc2o1. The molecule has 0 aliphatic heterocycles. The zero-order chi connectivity index (χ0) is 13.9. The van der Waals surface area contributed by atoms with E-state index in [4.69, 9.17) is 4.42 Å². The van der Waals surface area contributed by atoms with Gasteiger partial charge in [-0.05, 0) is 29.8 Å². The van der Waals surface area contributed by atoms with Crippen LogP contribution >= 0.6 is 0 Å². The van der Waals surface area contributed by atoms with E-state index >= 15 is 0 Å². The van der Waals surface area contributed by atoms with Crippen LogP contribution in [0.4, 0.5) is 0 Å². The minimum Gasteiger partial charge on any atom is -0.508 e. The number of phenolic OH excluding ortho intramolecular Hbond substituents is 1. The third-order valence-electron chi connectivity index (χ3n) is 3.04. The molecule has 2 N–H and O–H groups in total. The molecule has 0 aliphatic carbocycles. The highest BCUT2D eigenvalue weighted by atomic mass is 16.3. The van der Waals surface area contributed by atoms with Crippen molar-refractivity contribution in [3.8, 4) is 5.75 Å². The standard InChI is InChI=1S/C16H13NO3/c18-13-7-5-11(6-8-13)10-17-16(19)15-9-12-3-1-2-4-14(12)20-15/h1-9,18H,10H2,(H,17,19). The number of hydrogen-bond acceptors (Lipinski definition) is 3. The number of aromatic hydroxyl groups is 1. The molecular weight excluding hydrogens is 254 g/mol. The van der Waals surface area contributed by atoms with Gasteiger partial charge in [0.2, 0.25) is 0 Å². The van der Waals surface area contributed by atoms with Gasteiger partial charge in [0.25, 0.3) is 5.91 Å². The summed E-state index contributed by atoms with van der Waals surface area (Å²) in [5.74, 6) is 0.247. The van der Waals surface area contributed by atoms with Crippen molar-refractivity contribution < 1.29 is 14.3 Å². The lowest BCUT2D eigenvalue weighted by atomic mass is 10.2. The fourth-order valence-electron chi connectivity index (χ4n) is 1.98. The van der Waals surface area contributed by atoms with E-state index in [1.54, 1.807) is 30.3 Å². The number of carbonyl (C=O) groups excluding carboxylic acids is 1. The highest BCUT2D eigenvalue weighted by Crippen LogP contribution is 2.18. The van der Waals surface area contributed by atoms with E-state index in [1.807, 2.05) is 24.3 Å². The van der Waals surface area contributed by atoms with Crippen molar-refractivity contribution in [1.29, 1.82) is 0 Å². The lowest BCUT2D eigenvalue weighted by Crippen LogP contribution is -2.22. The number of para-hydroxylation sites is 1. The van der Waals surface area contributed by atoms with Crippen LogP contribution in [0, 0.1) is 0 Å². The van der Waals surface area contributed by atoms with E-state index < -0.39 is 0 Å². The van der Waals surface area contributed by atoms with Crippen molar-refractivity contribution >= 4 is 16.9 Å². The summed E-state index contributed by atoms with van der Waals surface area (Å²) in [6.45, 7) is 0.385. The molecule has 0 spiro atoms. The van der Waals surface area contributed by atoms with Gasteiger partial charge in [0.15, 0.2) is 5.76 Å². The van der Waals surface area contributed by atoms with E-state index in [9.17, 15) is 9.90 Å². The average molecular weight is 267 g/mol. The van der Waals surface area contributed by atoms with Crippen LogP contribution in [0.5, 0.6) is 5.75 Å². The summed E-state index contributed by atoms with van der Waals surface area (Å²) in [5.41, 5.74) is 1.61. The molecule has 0 saturated heterocycles. The van der Waals surface area contributed by atoms with E-state index in [-0.39, 0.29) is 11.7 Å². The normalized spacial score (nSPS) is 10.6. The molecular formula is C16H13NO3. The molecule has 4 nitrogen and oxygen atoms in total. The maximum Gasteiger partial charge on any atom is 0.287 e. The number of rotatable bonds is 3. The lowest BCUT2D eigenvalue weighted by molar-refractivity contribution is 0.0925. The Morgan fingerprint density at radius 3 is 2.60 bits per heavy atom. The average Bonchev–Trinajstić information content (AvgIpc) is 2.90. The van der Waals surface area contributed by atoms with Gasteiger partial charge >= 0.3 is 0 Å². The molecule has 0 saturated carbocycles. The maximum absolute atomic E-state index is 12.0. The fraction of sp³-hybridized carbons (Fsp3) is 0.0625. The minimum atomic E-state index is -0.255. The van der Waals surface area contributed by atoms with Crippen LogP contribution in [0.1, 0.15) is 16.1 Å². The molecule has 0 unspecified atom stereocenters. The Balaban J connectivity index is 1.71. The van der Waals surface area contributed by atoms with Crippen molar-refractivity contribution in [1.82, 2.24) is 5.32 Å². The summed E-state index contributed by atoms with van der Waals surface area (Å²) in [4.78, 5) is 12.0. The van der Waals surface area contributed by atoms with Crippen LogP contribution in [0.25, 0.3) is 11.0 Å². The van der Waals surface area contributed by atoms with Crippen LogP contribution in [0.2, 0.25) is 0 Å². The molecule has 100 valence electrons. The van der Waals surface area contributed by atoms with E-state index in [0.29, 0.717) is 17.9 Å². The molecule has 2 aromatic carbocycles. The number of amides is 1. The van der Waals surface area contributed by atoms with E-state index in [2.05, 4.69) is 5.32 Å². The van der Waals surface area contributed by atoms with Crippen LogP contribution < -0.4 is 5.32 Å². The molecule has 3 aromatic rings. The van der Waals surface area contributed by atoms with Gasteiger partial charge in [-0.15, -0.1) is 0 Å². The number of benzene rings is 2. The van der Waals surface area contributed by atoms with Gasteiger partial charge < -0.3 is 14.8 Å². The zero-order valence-electron chi connectivity index (χ0n) is 10.7. The third-order valence-corrected chi connectivity index (χ3v) is 3.04. The zero-order valence-corrected chi connectivity index (χ0v) is 10.7. The van der Waals surface area contributed by atoms with Crippen molar-refractivity contribution in [2.75, 3.05) is 0 Å². The number of nitrogens with one attached hydrogen (secondary N) is 1. The molecule has 0 atom stereocenters. The van der Waals surface area contributed by atoms with Crippen molar-refractivity contribution in [3.05, 3.63) is 65.9 Å². The molecule has 20 heavy (non-hydrogen) atoms. The number of carbonyl (C=O) groups is 1. The van der Waals surface area contributed by atoms with Gasteiger partial charge in [0.05, 0.1) is 0 Å². The van der Waals surface area contributed by atoms with E-state index in [0.717, 1.165) is 10.9 Å². The molecule has 0 bridgehead atoms. The predicted molar refractivity (Wildman–Crippen MR) is 75.5 cm³/mol. The van der Waals surface area contributed by atoms with Gasteiger partial charge in [-0.3, -0.25) is 4.79 Å². The van der Waals surface area contributed by atoms with Gasteiger partial charge in [-0.2, -0.15) is 0 Å². The number of furan rings is 1. The molecule has 0 fully saturated rings. The summed E-state index contributed by atoms with van der Waals surface area (Å²) in [6, 6.07) is 15.9. The summed E-state index contributed by atoms with van der Waals surface area (Å²) >= 11 is 0. The first-order chi connectivity index (χ1) is 9.72. The van der Waals surface area contributed by atoms with Crippen LogP contribution in [-0.4, -0.2) is 11.0 Å². The first-order valence-electron chi connectivity index (χ1n) is 6.27. The van der Waals surface area contributed by atoms with Gasteiger partial charge in [0.1, 0.15) is 11.3 Å². The second kappa shape index (κ2) is 5.09. The van der Waals surface area contributed by atoms with Crippen molar-refractivity contribution in [2.45, 2.75) is 6.54 Å².